The molecular weight excluding hydrogens is 166 g/mol. The van der Waals surface area contributed by atoms with Crippen molar-refractivity contribution in [3.05, 3.63) is 0 Å². The number of nitrogens with one attached hydrogen (secondary N) is 1. The third-order valence-electron chi connectivity index (χ3n) is 3.16. The van der Waals surface area contributed by atoms with Crippen LogP contribution in [0.15, 0.2) is 0 Å². The van der Waals surface area contributed by atoms with Gasteiger partial charge in [-0.05, 0) is 25.7 Å². The summed E-state index contributed by atoms with van der Waals surface area (Å²) in [5.74, 6) is 0. The van der Waals surface area contributed by atoms with Gasteiger partial charge in [-0.25, -0.2) is 0 Å². The molecule has 0 aliphatic heterocycles. The Kier molecular flexibility index (Phi) is 4.16. The fourth-order valence-corrected chi connectivity index (χ4v) is 1.82. The van der Waals surface area contributed by atoms with Gasteiger partial charge in [0, 0.05) is 26.3 Å². The van der Waals surface area contributed by atoms with Crippen LogP contribution in [0.5, 0.6) is 0 Å². The second kappa shape index (κ2) is 4.94. The van der Waals surface area contributed by atoms with Crippen LogP contribution in [-0.2, 0) is 9.47 Å². The van der Waals surface area contributed by atoms with Gasteiger partial charge in [0.05, 0.1) is 0 Å². The van der Waals surface area contributed by atoms with Crippen molar-refractivity contribution in [1.29, 1.82) is 0 Å². The van der Waals surface area contributed by atoms with E-state index in [4.69, 9.17) is 9.47 Å². The lowest BCUT2D eigenvalue weighted by molar-refractivity contribution is -0.104. The van der Waals surface area contributed by atoms with Crippen molar-refractivity contribution in [2.45, 2.75) is 44.4 Å². The lowest BCUT2D eigenvalue weighted by Crippen LogP contribution is -2.53. The Hall–Kier alpha value is -0.120. The van der Waals surface area contributed by atoms with Crippen molar-refractivity contribution >= 4 is 0 Å². The first-order valence-corrected chi connectivity index (χ1v) is 5.07. The highest BCUT2D eigenvalue weighted by molar-refractivity contribution is 4.94. The molecule has 0 radical (unpaired) electrons. The van der Waals surface area contributed by atoms with Gasteiger partial charge in [-0.15, -0.1) is 0 Å². The molecule has 1 rings (SSSR count). The molecule has 3 nitrogen and oxygen atoms in total. The molecule has 1 aliphatic rings. The SMILES string of the molecule is CCC1(NCC(OC)OC)CCC1. The highest BCUT2D eigenvalue weighted by Crippen LogP contribution is 2.34. The van der Waals surface area contributed by atoms with E-state index in [2.05, 4.69) is 12.2 Å². The van der Waals surface area contributed by atoms with Crippen molar-refractivity contribution in [3.63, 3.8) is 0 Å². The van der Waals surface area contributed by atoms with Crippen LogP contribution in [0, 0.1) is 0 Å². The molecule has 1 saturated carbocycles. The van der Waals surface area contributed by atoms with Crippen LogP contribution in [0.25, 0.3) is 0 Å². The zero-order valence-corrected chi connectivity index (χ0v) is 8.93. The van der Waals surface area contributed by atoms with Crippen LogP contribution in [-0.4, -0.2) is 32.6 Å². The number of ether oxygens (including phenoxy) is 2. The zero-order valence-electron chi connectivity index (χ0n) is 8.93. The molecule has 0 bridgehead atoms. The van der Waals surface area contributed by atoms with Crippen molar-refractivity contribution in [2.24, 2.45) is 0 Å². The summed E-state index contributed by atoms with van der Waals surface area (Å²) in [6.45, 7) is 3.03. The summed E-state index contributed by atoms with van der Waals surface area (Å²) in [5.41, 5.74) is 0.384. The molecule has 0 aromatic carbocycles. The van der Waals surface area contributed by atoms with E-state index in [9.17, 15) is 0 Å². The Labute approximate surface area is 80.8 Å². The summed E-state index contributed by atoms with van der Waals surface area (Å²) in [4.78, 5) is 0. The van der Waals surface area contributed by atoms with E-state index in [-0.39, 0.29) is 6.29 Å². The third kappa shape index (κ3) is 2.66. The molecule has 3 heteroatoms. The summed E-state index contributed by atoms with van der Waals surface area (Å²) in [6.07, 6.45) is 5.04. The average Bonchev–Trinajstić information content (AvgIpc) is 2.10. The summed E-state index contributed by atoms with van der Waals surface area (Å²) >= 11 is 0. The van der Waals surface area contributed by atoms with Crippen molar-refractivity contribution in [3.8, 4) is 0 Å². The molecule has 78 valence electrons. The summed E-state index contributed by atoms with van der Waals surface area (Å²) in [5, 5.41) is 3.53. The molecule has 0 aromatic heterocycles. The molecule has 1 N–H and O–H groups in total. The minimum atomic E-state index is -0.107. The van der Waals surface area contributed by atoms with Crippen molar-refractivity contribution in [2.75, 3.05) is 20.8 Å². The van der Waals surface area contributed by atoms with E-state index in [0.717, 1.165) is 6.54 Å². The second-order valence-corrected chi connectivity index (χ2v) is 3.77. The fourth-order valence-electron chi connectivity index (χ4n) is 1.82. The van der Waals surface area contributed by atoms with Gasteiger partial charge in [0.15, 0.2) is 6.29 Å². The van der Waals surface area contributed by atoms with Gasteiger partial charge in [0.2, 0.25) is 0 Å². The molecule has 0 atom stereocenters. The first kappa shape index (κ1) is 11.0. The largest absolute Gasteiger partial charge is 0.355 e. The number of hydrogen-bond donors (Lipinski definition) is 1. The fraction of sp³-hybridized carbons (Fsp3) is 1.00. The minimum Gasteiger partial charge on any atom is -0.355 e. The first-order chi connectivity index (χ1) is 6.26. The van der Waals surface area contributed by atoms with Gasteiger partial charge >= 0.3 is 0 Å². The van der Waals surface area contributed by atoms with Gasteiger partial charge in [-0.1, -0.05) is 6.92 Å². The van der Waals surface area contributed by atoms with Gasteiger partial charge < -0.3 is 14.8 Å². The van der Waals surface area contributed by atoms with Gasteiger partial charge in [-0.3, -0.25) is 0 Å². The normalized spacial score (nSPS) is 20.3. The summed E-state index contributed by atoms with van der Waals surface area (Å²) < 4.78 is 10.2. The summed E-state index contributed by atoms with van der Waals surface area (Å²) in [7, 11) is 3.35. The number of hydrogen-bond acceptors (Lipinski definition) is 3. The highest BCUT2D eigenvalue weighted by atomic mass is 16.7. The molecule has 0 heterocycles. The molecule has 0 aromatic rings. The highest BCUT2D eigenvalue weighted by Gasteiger charge is 2.34. The number of rotatable bonds is 6. The first-order valence-electron chi connectivity index (χ1n) is 5.07. The lowest BCUT2D eigenvalue weighted by Gasteiger charge is -2.42. The molecule has 0 amide bonds. The van der Waals surface area contributed by atoms with Crippen molar-refractivity contribution < 1.29 is 9.47 Å². The van der Waals surface area contributed by atoms with E-state index < -0.39 is 0 Å². The van der Waals surface area contributed by atoms with Crippen LogP contribution in [0.2, 0.25) is 0 Å². The van der Waals surface area contributed by atoms with Gasteiger partial charge in [0.25, 0.3) is 0 Å². The predicted octanol–water partition coefficient (Wildman–Crippen LogP) is 1.53. The minimum absolute atomic E-state index is 0.107. The van der Waals surface area contributed by atoms with Crippen LogP contribution in [0.3, 0.4) is 0 Å². The van der Waals surface area contributed by atoms with Crippen LogP contribution in [0.1, 0.15) is 32.6 Å². The summed E-state index contributed by atoms with van der Waals surface area (Å²) in [6, 6.07) is 0. The molecule has 13 heavy (non-hydrogen) atoms. The number of methoxy groups -OCH3 is 2. The monoisotopic (exact) mass is 187 g/mol. The predicted molar refractivity (Wildman–Crippen MR) is 52.7 cm³/mol. The van der Waals surface area contributed by atoms with E-state index in [1.54, 1.807) is 14.2 Å². The Balaban J connectivity index is 2.23. The third-order valence-corrected chi connectivity index (χ3v) is 3.16. The van der Waals surface area contributed by atoms with E-state index >= 15 is 0 Å². The van der Waals surface area contributed by atoms with E-state index in [1.165, 1.54) is 25.7 Å². The lowest BCUT2D eigenvalue weighted by atomic mass is 9.75. The second-order valence-electron chi connectivity index (χ2n) is 3.77. The smallest absolute Gasteiger partial charge is 0.169 e. The van der Waals surface area contributed by atoms with E-state index in [0.29, 0.717) is 5.54 Å². The zero-order chi connectivity index (χ0) is 9.73. The maximum absolute atomic E-state index is 5.12. The average molecular weight is 187 g/mol. The Morgan fingerprint density at radius 1 is 1.31 bits per heavy atom. The van der Waals surface area contributed by atoms with Crippen LogP contribution >= 0.6 is 0 Å². The maximum atomic E-state index is 5.12. The van der Waals surface area contributed by atoms with E-state index in [1.807, 2.05) is 0 Å². The molecule has 0 unspecified atom stereocenters. The molecule has 0 spiro atoms. The molecular formula is C10H21NO2. The Morgan fingerprint density at radius 2 is 1.92 bits per heavy atom. The van der Waals surface area contributed by atoms with Crippen LogP contribution in [0.4, 0.5) is 0 Å². The van der Waals surface area contributed by atoms with Crippen LogP contribution < -0.4 is 5.32 Å². The molecule has 1 aliphatic carbocycles. The topological polar surface area (TPSA) is 30.5 Å². The van der Waals surface area contributed by atoms with Crippen molar-refractivity contribution in [1.82, 2.24) is 5.32 Å². The van der Waals surface area contributed by atoms with Gasteiger partial charge in [0.1, 0.15) is 0 Å². The molecule has 0 saturated heterocycles. The standard InChI is InChI=1S/C10H21NO2/c1-4-10(6-5-7-10)11-8-9(12-2)13-3/h9,11H,4-8H2,1-3H3. The quantitative estimate of drug-likeness (QED) is 0.640. The van der Waals surface area contributed by atoms with Gasteiger partial charge in [-0.2, -0.15) is 0 Å². The molecule has 1 fully saturated rings. The Bertz CT molecular complexity index is 136. The maximum Gasteiger partial charge on any atom is 0.169 e. The Morgan fingerprint density at radius 3 is 2.23 bits per heavy atom.